The molecule has 3 heteroatoms. The van der Waals surface area contributed by atoms with Gasteiger partial charge >= 0.3 is 0 Å². The Balaban J connectivity index is 3.14. The van der Waals surface area contributed by atoms with Crippen molar-refractivity contribution in [1.82, 2.24) is 0 Å². The molecule has 0 fully saturated rings. The van der Waals surface area contributed by atoms with Crippen molar-refractivity contribution < 1.29 is 9.18 Å². The lowest BCUT2D eigenvalue weighted by Crippen LogP contribution is -2.43. The summed E-state index contributed by atoms with van der Waals surface area (Å²) in [6, 6.07) is 5.21. The van der Waals surface area contributed by atoms with Crippen molar-refractivity contribution in [2.45, 2.75) is 79.7 Å². The van der Waals surface area contributed by atoms with E-state index >= 15 is 0 Å². The Morgan fingerprint density at radius 1 is 1.12 bits per heavy atom. The average Bonchev–Trinajstić information content (AvgIpc) is 2.55. The Hall–Kier alpha value is -1.38. The van der Waals surface area contributed by atoms with E-state index in [0.717, 1.165) is 18.5 Å². The van der Waals surface area contributed by atoms with Gasteiger partial charge in [-0.15, -0.1) is 0 Å². The minimum Gasteiger partial charge on any atom is -0.309 e. The van der Waals surface area contributed by atoms with Gasteiger partial charge in [-0.2, -0.15) is 0 Å². The van der Waals surface area contributed by atoms with Crippen molar-refractivity contribution in [1.29, 1.82) is 0 Å². The second-order valence-corrected chi connectivity index (χ2v) is 7.22. The summed E-state index contributed by atoms with van der Waals surface area (Å²) >= 11 is 0. The highest BCUT2D eigenvalue weighted by atomic mass is 19.1. The van der Waals surface area contributed by atoms with Crippen molar-refractivity contribution in [2.75, 3.05) is 4.90 Å². The Morgan fingerprint density at radius 3 is 2.33 bits per heavy atom. The summed E-state index contributed by atoms with van der Waals surface area (Å²) in [5, 5.41) is 0. The number of anilines is 1. The van der Waals surface area contributed by atoms with Crippen LogP contribution in [0, 0.1) is 17.7 Å². The first-order valence-electron chi connectivity index (χ1n) is 9.44. The maximum absolute atomic E-state index is 13.9. The first-order chi connectivity index (χ1) is 11.3. The van der Waals surface area contributed by atoms with E-state index in [0.29, 0.717) is 12.0 Å². The van der Waals surface area contributed by atoms with Crippen molar-refractivity contribution >= 4 is 11.6 Å². The number of hydrogen-bond donors (Lipinski definition) is 0. The van der Waals surface area contributed by atoms with E-state index in [4.69, 9.17) is 0 Å². The molecule has 0 aliphatic heterocycles. The third-order valence-corrected chi connectivity index (χ3v) is 4.98. The highest BCUT2D eigenvalue weighted by Crippen LogP contribution is 2.27. The first kappa shape index (κ1) is 20.7. The van der Waals surface area contributed by atoms with Crippen LogP contribution < -0.4 is 4.90 Å². The number of benzene rings is 1. The van der Waals surface area contributed by atoms with Crippen LogP contribution in [0.4, 0.5) is 10.1 Å². The fourth-order valence-electron chi connectivity index (χ4n) is 2.90. The van der Waals surface area contributed by atoms with Gasteiger partial charge in [0.05, 0.1) is 0 Å². The quantitative estimate of drug-likeness (QED) is 0.508. The number of hydrogen-bond acceptors (Lipinski definition) is 1. The summed E-state index contributed by atoms with van der Waals surface area (Å²) in [5.74, 6) is 0.189. The van der Waals surface area contributed by atoms with Crippen LogP contribution in [0.3, 0.4) is 0 Å². The van der Waals surface area contributed by atoms with Crippen molar-refractivity contribution in [3.05, 3.63) is 29.6 Å². The van der Waals surface area contributed by atoms with Gasteiger partial charge in [-0.05, 0) is 49.4 Å². The molecule has 0 aromatic heterocycles. The zero-order valence-corrected chi connectivity index (χ0v) is 16.2. The summed E-state index contributed by atoms with van der Waals surface area (Å²) in [6.45, 7) is 12.4. The van der Waals surface area contributed by atoms with E-state index in [1.54, 1.807) is 6.07 Å². The standard InChI is InChI=1S/C21H34FNO/c1-7-9-10-11-16(5)23(21(24)17(6)15(3)4)19-12-13-20(22)18(8-2)14-19/h12-17H,7-11H2,1-6H3. The minimum atomic E-state index is -0.191. The number of halogens is 1. The fraction of sp³-hybridized carbons (Fsp3) is 0.667. The maximum atomic E-state index is 13.9. The van der Waals surface area contributed by atoms with E-state index in [1.807, 2.05) is 24.8 Å². The van der Waals surface area contributed by atoms with Crippen LogP contribution in [-0.4, -0.2) is 11.9 Å². The molecule has 1 aromatic carbocycles. The molecule has 2 unspecified atom stereocenters. The lowest BCUT2D eigenvalue weighted by Gasteiger charge is -2.33. The molecular weight excluding hydrogens is 301 g/mol. The van der Waals surface area contributed by atoms with Gasteiger partial charge in [0.25, 0.3) is 0 Å². The third kappa shape index (κ3) is 5.32. The van der Waals surface area contributed by atoms with Gasteiger partial charge in [0.15, 0.2) is 0 Å². The molecule has 1 amide bonds. The Bertz CT molecular complexity index is 527. The van der Waals surface area contributed by atoms with Crippen LogP contribution in [0.5, 0.6) is 0 Å². The van der Waals surface area contributed by atoms with Crippen LogP contribution in [0.25, 0.3) is 0 Å². The van der Waals surface area contributed by atoms with Gasteiger partial charge < -0.3 is 4.90 Å². The second-order valence-electron chi connectivity index (χ2n) is 7.22. The van der Waals surface area contributed by atoms with E-state index in [1.165, 1.54) is 18.9 Å². The normalized spacial score (nSPS) is 13.8. The second kappa shape index (κ2) is 9.80. The zero-order chi connectivity index (χ0) is 18.3. The lowest BCUT2D eigenvalue weighted by atomic mass is 9.94. The predicted octanol–water partition coefficient (Wildman–Crippen LogP) is 5.98. The summed E-state index contributed by atoms with van der Waals surface area (Å²) in [5.41, 5.74) is 1.50. The molecule has 1 rings (SSSR count). The Morgan fingerprint density at radius 2 is 1.79 bits per heavy atom. The molecule has 0 heterocycles. The van der Waals surface area contributed by atoms with Crippen LogP contribution in [0.2, 0.25) is 0 Å². The molecule has 0 spiro atoms. The predicted molar refractivity (Wildman–Crippen MR) is 101 cm³/mol. The van der Waals surface area contributed by atoms with Crippen molar-refractivity contribution in [2.24, 2.45) is 11.8 Å². The Kier molecular flexibility index (Phi) is 8.44. The van der Waals surface area contributed by atoms with Crippen LogP contribution in [0.1, 0.15) is 72.8 Å². The first-order valence-corrected chi connectivity index (χ1v) is 9.44. The lowest BCUT2D eigenvalue weighted by molar-refractivity contribution is -0.123. The maximum Gasteiger partial charge on any atom is 0.230 e. The molecular formula is C21H34FNO. The molecule has 0 radical (unpaired) electrons. The van der Waals surface area contributed by atoms with E-state index in [2.05, 4.69) is 27.7 Å². The SMILES string of the molecule is CCCCCC(C)N(C(=O)C(C)C(C)C)c1ccc(F)c(CC)c1. The molecule has 2 atom stereocenters. The summed E-state index contributed by atoms with van der Waals surface area (Å²) in [7, 11) is 0. The molecule has 0 saturated heterocycles. The van der Waals surface area contributed by atoms with Crippen LogP contribution >= 0.6 is 0 Å². The van der Waals surface area contributed by atoms with Gasteiger partial charge in [-0.25, -0.2) is 4.39 Å². The Labute approximate surface area is 147 Å². The number of amides is 1. The summed E-state index contributed by atoms with van der Waals surface area (Å²) in [4.78, 5) is 15.0. The number of nitrogens with zero attached hydrogens (tertiary/aromatic N) is 1. The monoisotopic (exact) mass is 335 g/mol. The number of carbonyl (C=O) groups excluding carboxylic acids is 1. The largest absolute Gasteiger partial charge is 0.309 e. The molecule has 0 saturated carbocycles. The molecule has 0 aliphatic carbocycles. The van der Waals surface area contributed by atoms with Crippen molar-refractivity contribution in [3.63, 3.8) is 0 Å². The molecule has 2 nitrogen and oxygen atoms in total. The summed E-state index contributed by atoms with van der Waals surface area (Å²) < 4.78 is 13.9. The van der Waals surface area contributed by atoms with E-state index < -0.39 is 0 Å². The minimum absolute atomic E-state index is 0.0474. The molecule has 0 bridgehead atoms. The van der Waals surface area contributed by atoms with Gasteiger partial charge in [-0.1, -0.05) is 53.9 Å². The van der Waals surface area contributed by atoms with Crippen LogP contribution in [0.15, 0.2) is 18.2 Å². The molecule has 136 valence electrons. The van der Waals surface area contributed by atoms with E-state index in [-0.39, 0.29) is 29.6 Å². The fourth-order valence-corrected chi connectivity index (χ4v) is 2.90. The smallest absolute Gasteiger partial charge is 0.230 e. The molecule has 0 aliphatic rings. The van der Waals surface area contributed by atoms with E-state index in [9.17, 15) is 9.18 Å². The number of aryl methyl sites for hydroxylation is 1. The van der Waals surface area contributed by atoms with Crippen molar-refractivity contribution in [3.8, 4) is 0 Å². The molecule has 24 heavy (non-hydrogen) atoms. The molecule has 1 aromatic rings. The number of carbonyl (C=O) groups is 1. The number of rotatable bonds is 9. The van der Waals surface area contributed by atoms with Crippen LogP contribution in [-0.2, 0) is 11.2 Å². The zero-order valence-electron chi connectivity index (χ0n) is 16.2. The summed E-state index contributed by atoms with van der Waals surface area (Å²) in [6.07, 6.45) is 5.06. The highest BCUT2D eigenvalue weighted by Gasteiger charge is 2.28. The topological polar surface area (TPSA) is 20.3 Å². The van der Waals surface area contributed by atoms with Gasteiger partial charge in [0, 0.05) is 17.6 Å². The third-order valence-electron chi connectivity index (χ3n) is 4.98. The average molecular weight is 336 g/mol. The van der Waals surface area contributed by atoms with Gasteiger partial charge in [-0.3, -0.25) is 4.79 Å². The molecule has 0 N–H and O–H groups in total. The number of unbranched alkanes of at least 4 members (excludes halogenated alkanes) is 2. The highest BCUT2D eigenvalue weighted by molar-refractivity contribution is 5.95. The van der Waals surface area contributed by atoms with Gasteiger partial charge in [0.1, 0.15) is 5.82 Å². The van der Waals surface area contributed by atoms with Gasteiger partial charge in [0.2, 0.25) is 5.91 Å².